The van der Waals surface area contributed by atoms with Gasteiger partial charge in [-0.25, -0.2) is 4.98 Å². The summed E-state index contributed by atoms with van der Waals surface area (Å²) in [6, 6.07) is 72.2. The third-order valence-corrected chi connectivity index (χ3v) is 11.7. The first-order valence-electron chi connectivity index (χ1n) is 20.2. The smallest absolute Gasteiger partial charge is 0.238 e. The van der Waals surface area contributed by atoms with Gasteiger partial charge in [-0.15, -0.1) is 0 Å². The predicted octanol–water partition coefficient (Wildman–Crippen LogP) is 14.4. The Kier molecular flexibility index (Phi) is 7.78. The molecule has 0 aliphatic carbocycles. The molecule has 0 saturated carbocycles. The summed E-state index contributed by atoms with van der Waals surface area (Å²) in [5.74, 6) is 1.74. The number of hydrogen-bond acceptors (Lipinski definition) is 4. The van der Waals surface area contributed by atoms with Gasteiger partial charge in [-0.1, -0.05) is 182 Å². The van der Waals surface area contributed by atoms with Crippen LogP contribution in [0.3, 0.4) is 0 Å². The zero-order valence-corrected chi connectivity index (χ0v) is 32.3. The second-order valence-corrected chi connectivity index (χ2v) is 15.2. The first-order chi connectivity index (χ1) is 29.7. The highest BCUT2D eigenvalue weighted by Gasteiger charge is 2.22. The van der Waals surface area contributed by atoms with E-state index in [1.165, 1.54) is 10.8 Å². The molecule has 280 valence electrons. The van der Waals surface area contributed by atoms with Crippen LogP contribution in [-0.4, -0.2) is 19.5 Å². The van der Waals surface area contributed by atoms with Gasteiger partial charge in [0.05, 0.1) is 11.0 Å². The molecule has 3 aromatic heterocycles. The maximum Gasteiger partial charge on any atom is 0.238 e. The van der Waals surface area contributed by atoms with Crippen molar-refractivity contribution in [1.82, 2.24) is 19.5 Å². The Labute approximate surface area is 345 Å². The Bertz CT molecular complexity index is 3470. The minimum Gasteiger partial charge on any atom is -0.456 e. The zero-order chi connectivity index (χ0) is 39.6. The number of hydrogen-bond donors (Lipinski definition) is 0. The van der Waals surface area contributed by atoms with Crippen molar-refractivity contribution in [2.45, 2.75) is 0 Å². The van der Waals surface area contributed by atoms with E-state index in [2.05, 4.69) is 187 Å². The molecule has 0 N–H and O–H groups in total. The molecule has 60 heavy (non-hydrogen) atoms. The van der Waals surface area contributed by atoms with Crippen LogP contribution in [0.5, 0.6) is 0 Å². The summed E-state index contributed by atoms with van der Waals surface area (Å²) in [5.41, 5.74) is 12.3. The Hall–Kier alpha value is -8.15. The fourth-order valence-corrected chi connectivity index (χ4v) is 8.78. The molecular weight excluding hydrogens is 733 g/mol. The molecule has 9 aromatic carbocycles. The number of rotatable bonds is 6. The van der Waals surface area contributed by atoms with Crippen LogP contribution in [0.2, 0.25) is 0 Å². The molecule has 0 bridgehead atoms. The predicted molar refractivity (Wildman–Crippen MR) is 246 cm³/mol. The maximum absolute atomic E-state index is 6.26. The van der Waals surface area contributed by atoms with Crippen molar-refractivity contribution in [3.8, 4) is 62.1 Å². The van der Waals surface area contributed by atoms with E-state index in [9.17, 15) is 0 Å². The third kappa shape index (κ3) is 5.59. The summed E-state index contributed by atoms with van der Waals surface area (Å²) >= 11 is 0. The lowest BCUT2D eigenvalue weighted by Crippen LogP contribution is -2.07. The minimum atomic E-state index is 0.548. The van der Waals surface area contributed by atoms with E-state index in [0.29, 0.717) is 17.6 Å². The maximum atomic E-state index is 6.26. The quantitative estimate of drug-likeness (QED) is 0.169. The van der Waals surface area contributed by atoms with Gasteiger partial charge in [0.15, 0.2) is 11.6 Å². The average molecular weight is 767 g/mol. The van der Waals surface area contributed by atoms with Crippen molar-refractivity contribution in [2.75, 3.05) is 0 Å². The molecule has 3 heterocycles. The highest BCUT2D eigenvalue weighted by molar-refractivity contribution is 6.23. The van der Waals surface area contributed by atoms with Crippen molar-refractivity contribution in [3.63, 3.8) is 0 Å². The van der Waals surface area contributed by atoms with Gasteiger partial charge in [0.2, 0.25) is 5.95 Å². The van der Waals surface area contributed by atoms with Crippen LogP contribution >= 0.6 is 0 Å². The largest absolute Gasteiger partial charge is 0.456 e. The van der Waals surface area contributed by atoms with E-state index in [1.807, 2.05) is 24.3 Å². The van der Waals surface area contributed by atoms with E-state index in [4.69, 9.17) is 19.4 Å². The average Bonchev–Trinajstić information content (AvgIpc) is 3.88. The van der Waals surface area contributed by atoms with Crippen molar-refractivity contribution < 1.29 is 4.42 Å². The number of aromatic nitrogens is 4. The standard InChI is InChI=1S/C55H34N4O/c1-3-12-35(13-4-1)37-22-26-40(27-23-37)53-56-54(41-28-24-38(25-29-41)36-14-5-2-6-15-36)58-55(57-53)59-48-32-30-39-16-7-8-17-43(39)51(48)46-20-11-19-44(52(46)59)42-31-33-50-47(34-42)45-18-9-10-21-49(45)60-50/h1-34H. The Morgan fingerprint density at radius 2 is 0.883 bits per heavy atom. The number of benzene rings is 9. The normalized spacial score (nSPS) is 11.7. The van der Waals surface area contributed by atoms with Crippen LogP contribution in [0, 0.1) is 0 Å². The molecule has 0 aliphatic heterocycles. The van der Waals surface area contributed by atoms with Gasteiger partial charge in [0.25, 0.3) is 0 Å². The lowest BCUT2D eigenvalue weighted by atomic mass is 9.98. The molecule has 0 saturated heterocycles. The summed E-state index contributed by atoms with van der Waals surface area (Å²) in [5, 5.41) is 6.80. The molecule has 0 radical (unpaired) electrons. The van der Waals surface area contributed by atoms with Crippen molar-refractivity contribution >= 4 is 54.5 Å². The summed E-state index contributed by atoms with van der Waals surface area (Å²) < 4.78 is 8.51. The SMILES string of the molecule is c1ccc(-c2ccc(-c3nc(-c4ccc(-c5ccccc5)cc4)nc(-n4c5ccc6ccccc6c5c5cccc(-c6ccc7oc8ccccc8c7c6)c54)n3)cc2)cc1. The lowest BCUT2D eigenvalue weighted by Gasteiger charge is -2.13. The molecular formula is C55H34N4O. The molecule has 5 heteroatoms. The summed E-state index contributed by atoms with van der Waals surface area (Å²) in [6.07, 6.45) is 0. The second kappa shape index (κ2) is 13.8. The fourth-order valence-electron chi connectivity index (χ4n) is 8.78. The zero-order valence-electron chi connectivity index (χ0n) is 32.3. The third-order valence-electron chi connectivity index (χ3n) is 11.7. The van der Waals surface area contributed by atoms with Gasteiger partial charge in [-0.2, -0.15) is 9.97 Å². The van der Waals surface area contributed by atoms with Gasteiger partial charge in [-0.05, 0) is 62.9 Å². The first kappa shape index (κ1) is 33.9. The van der Waals surface area contributed by atoms with Crippen LogP contribution in [0.4, 0.5) is 0 Å². The molecule has 0 atom stereocenters. The van der Waals surface area contributed by atoms with Crippen LogP contribution in [0.1, 0.15) is 0 Å². The van der Waals surface area contributed by atoms with E-state index >= 15 is 0 Å². The monoisotopic (exact) mass is 766 g/mol. The highest BCUT2D eigenvalue weighted by Crippen LogP contribution is 2.42. The highest BCUT2D eigenvalue weighted by atomic mass is 16.3. The number of furan rings is 1. The topological polar surface area (TPSA) is 56.7 Å². The lowest BCUT2D eigenvalue weighted by molar-refractivity contribution is 0.669. The Balaban J connectivity index is 1.12. The van der Waals surface area contributed by atoms with E-state index < -0.39 is 0 Å². The summed E-state index contributed by atoms with van der Waals surface area (Å²) in [6.45, 7) is 0. The number of fused-ring (bicyclic) bond motifs is 8. The van der Waals surface area contributed by atoms with Crippen LogP contribution in [0.15, 0.2) is 211 Å². The van der Waals surface area contributed by atoms with Gasteiger partial charge in [-0.3, -0.25) is 4.57 Å². The second-order valence-electron chi connectivity index (χ2n) is 15.2. The molecule has 0 amide bonds. The van der Waals surface area contributed by atoms with Crippen LogP contribution in [0.25, 0.3) is 117 Å². The molecule has 5 nitrogen and oxygen atoms in total. The fraction of sp³-hybridized carbons (Fsp3) is 0. The molecule has 0 spiro atoms. The molecule has 0 unspecified atom stereocenters. The summed E-state index contributed by atoms with van der Waals surface area (Å²) in [7, 11) is 0. The number of nitrogens with zero attached hydrogens (tertiary/aromatic N) is 4. The van der Waals surface area contributed by atoms with Gasteiger partial charge >= 0.3 is 0 Å². The van der Waals surface area contributed by atoms with Crippen molar-refractivity contribution in [3.05, 3.63) is 206 Å². The minimum absolute atomic E-state index is 0.548. The van der Waals surface area contributed by atoms with E-state index in [-0.39, 0.29) is 0 Å². The Morgan fingerprint density at radius 1 is 0.350 bits per heavy atom. The van der Waals surface area contributed by atoms with Gasteiger partial charge in [0.1, 0.15) is 11.2 Å². The number of para-hydroxylation sites is 2. The van der Waals surface area contributed by atoms with Gasteiger partial charge < -0.3 is 4.42 Å². The van der Waals surface area contributed by atoms with Gasteiger partial charge in [0, 0.05) is 38.2 Å². The van der Waals surface area contributed by atoms with Crippen LogP contribution < -0.4 is 0 Å². The molecule has 12 aromatic rings. The molecule has 12 rings (SSSR count). The molecule has 0 aliphatic rings. The van der Waals surface area contributed by atoms with Crippen molar-refractivity contribution in [2.24, 2.45) is 0 Å². The van der Waals surface area contributed by atoms with Crippen LogP contribution in [-0.2, 0) is 0 Å². The first-order valence-corrected chi connectivity index (χ1v) is 20.2. The molecule has 0 fully saturated rings. The van der Waals surface area contributed by atoms with E-state index in [1.54, 1.807) is 0 Å². The Morgan fingerprint density at radius 3 is 1.57 bits per heavy atom. The summed E-state index contributed by atoms with van der Waals surface area (Å²) in [4.78, 5) is 15.9. The van der Waals surface area contributed by atoms with Crippen molar-refractivity contribution in [1.29, 1.82) is 0 Å². The van der Waals surface area contributed by atoms with E-state index in [0.717, 1.165) is 88.3 Å².